The number of fused-ring (bicyclic) bond motifs is 2. The van der Waals surface area contributed by atoms with Crippen molar-refractivity contribution in [3.05, 3.63) is 76.5 Å². The first-order valence-electron chi connectivity index (χ1n) is 7.62. The summed E-state index contributed by atoms with van der Waals surface area (Å²) in [5, 5.41) is 16.1. The van der Waals surface area contributed by atoms with E-state index in [-0.39, 0.29) is 44.4 Å². The van der Waals surface area contributed by atoms with Gasteiger partial charge in [0, 0.05) is 39.0 Å². The summed E-state index contributed by atoms with van der Waals surface area (Å²) in [6.07, 6.45) is 0. The fourth-order valence-corrected chi connectivity index (χ4v) is 3.06. The van der Waals surface area contributed by atoms with Crippen LogP contribution in [0.5, 0.6) is 5.75 Å². The van der Waals surface area contributed by atoms with E-state index >= 15 is 0 Å². The van der Waals surface area contributed by atoms with Crippen molar-refractivity contribution in [3.8, 4) is 28.2 Å². The van der Waals surface area contributed by atoms with Gasteiger partial charge in [-0.3, -0.25) is 4.79 Å². The Bertz CT molecular complexity index is 1160. The number of carbonyl (C=O) groups is 1. The van der Waals surface area contributed by atoms with Crippen LogP contribution in [0.25, 0.3) is 33.4 Å². The molecule has 0 saturated heterocycles. The standard InChI is InChI=1S/C20H12O5.Hg/c21-11-5-7-15-17(9-11)25-18-10-12(22)6-8-16(18)19(15)13-3-1-2-4-14(13)20(23)24;/h1-10,21H,(H,23,24);/q;+2/p+2. The van der Waals surface area contributed by atoms with Crippen LogP contribution in [0, 0.1) is 0 Å². The van der Waals surface area contributed by atoms with E-state index < -0.39 is 5.97 Å². The van der Waals surface area contributed by atoms with Gasteiger partial charge in [-0.1, -0.05) is 18.2 Å². The van der Waals surface area contributed by atoms with E-state index in [9.17, 15) is 9.59 Å². The van der Waals surface area contributed by atoms with Crippen molar-refractivity contribution in [1.82, 2.24) is 0 Å². The Morgan fingerprint density at radius 1 is 0.923 bits per heavy atom. The maximum absolute atomic E-state index is 11.8. The van der Waals surface area contributed by atoms with E-state index in [0.29, 0.717) is 28.0 Å². The molecule has 26 heavy (non-hydrogen) atoms. The molecular weight excluding hydrogens is 521 g/mol. The van der Waals surface area contributed by atoms with Gasteiger partial charge >= 0.3 is 33.6 Å². The molecule has 1 heterocycles. The summed E-state index contributed by atoms with van der Waals surface area (Å²) in [6.45, 7) is 0. The second kappa shape index (κ2) is 6.92. The van der Waals surface area contributed by atoms with Gasteiger partial charge in [-0.15, -0.1) is 0 Å². The zero-order chi connectivity index (χ0) is 17.6. The minimum absolute atomic E-state index is 0. The van der Waals surface area contributed by atoms with Crippen LogP contribution in [0.1, 0.15) is 10.4 Å². The van der Waals surface area contributed by atoms with Crippen LogP contribution in [-0.2, 0) is 27.7 Å². The summed E-state index contributed by atoms with van der Waals surface area (Å²) in [5.74, 6) is -0.118. The Morgan fingerprint density at radius 3 is 2.46 bits per heavy atom. The first kappa shape index (κ1) is 18.1. The third-order valence-electron chi connectivity index (χ3n) is 4.13. The van der Waals surface area contributed by atoms with E-state index in [1.165, 1.54) is 12.1 Å². The van der Waals surface area contributed by atoms with Crippen molar-refractivity contribution in [3.63, 3.8) is 0 Å². The average molecular weight is 535 g/mol. The Balaban J connectivity index is 0.00000196. The van der Waals surface area contributed by atoms with Crippen molar-refractivity contribution in [1.29, 1.82) is 0 Å². The Hall–Kier alpha value is -2.66. The van der Waals surface area contributed by atoms with Crippen molar-refractivity contribution >= 4 is 16.9 Å². The van der Waals surface area contributed by atoms with Gasteiger partial charge in [0.2, 0.25) is 0 Å². The third-order valence-corrected chi connectivity index (χ3v) is 4.13. The van der Waals surface area contributed by atoms with Crippen LogP contribution in [0.3, 0.4) is 0 Å². The van der Waals surface area contributed by atoms with Gasteiger partial charge in [0.1, 0.15) is 16.9 Å². The molecule has 0 atom stereocenters. The Kier molecular flexibility index (Phi) is 4.83. The Labute approximate surface area is 168 Å². The number of hydrogen-bond acceptors (Lipinski definition) is 3. The van der Waals surface area contributed by atoms with Crippen LogP contribution in [-0.4, -0.2) is 16.2 Å². The topological polar surface area (TPSA) is 93.1 Å². The summed E-state index contributed by atoms with van der Waals surface area (Å²) in [5.41, 5.74) is 2.54. The van der Waals surface area contributed by atoms with Gasteiger partial charge in [-0.2, -0.15) is 0 Å². The molecule has 0 spiro atoms. The molecule has 0 radical (unpaired) electrons. The molecule has 1 aliphatic heterocycles. The molecule has 4 rings (SSSR count). The SMILES string of the molecule is O=C([OH2+])c1ccccc1-c1c2ccc(=O)cc-2oc2cc([OH2+])ccc12.[Hg+2]. The normalized spacial score (nSPS) is 10.6. The zero-order valence-electron chi connectivity index (χ0n) is 13.7. The smallest absolute Gasteiger partial charge is 0.593 e. The molecule has 0 bridgehead atoms. The minimum atomic E-state index is -0.782. The van der Waals surface area contributed by atoms with Crippen LogP contribution in [0.2, 0.25) is 0 Å². The van der Waals surface area contributed by atoms with Crippen molar-refractivity contribution in [2.75, 3.05) is 0 Å². The molecule has 0 saturated carbocycles. The monoisotopic (exact) mass is 536 g/mol. The van der Waals surface area contributed by atoms with Gasteiger partial charge < -0.3 is 14.6 Å². The average Bonchev–Trinajstić information content (AvgIpc) is 2.59. The second-order valence-electron chi connectivity index (χ2n) is 5.72. The Morgan fingerprint density at radius 2 is 1.69 bits per heavy atom. The van der Waals surface area contributed by atoms with E-state index in [4.69, 9.17) is 14.6 Å². The molecule has 122 valence electrons. The van der Waals surface area contributed by atoms with Crippen LogP contribution in [0.4, 0.5) is 0 Å². The number of hydrogen-bond donors (Lipinski definition) is 0. The van der Waals surface area contributed by atoms with Gasteiger partial charge in [-0.05, 0) is 24.3 Å². The van der Waals surface area contributed by atoms with Crippen LogP contribution >= 0.6 is 0 Å². The molecule has 5 nitrogen and oxygen atoms in total. The molecule has 0 amide bonds. The van der Waals surface area contributed by atoms with E-state index in [2.05, 4.69) is 0 Å². The van der Waals surface area contributed by atoms with Gasteiger partial charge in [0.25, 0.3) is 5.75 Å². The van der Waals surface area contributed by atoms with E-state index in [1.807, 2.05) is 0 Å². The summed E-state index contributed by atoms with van der Waals surface area (Å²) in [6, 6.07) is 16.3. The number of carbonyl (C=O) groups excluding carboxylic acids is 1. The van der Waals surface area contributed by atoms with Gasteiger partial charge in [0.15, 0.2) is 5.43 Å². The maximum Gasteiger partial charge on any atom is 2.00 e. The predicted molar refractivity (Wildman–Crippen MR) is 95.5 cm³/mol. The van der Waals surface area contributed by atoms with Crippen LogP contribution in [0.15, 0.2) is 69.9 Å². The van der Waals surface area contributed by atoms with Crippen molar-refractivity contribution < 1.29 is 47.1 Å². The number of rotatable bonds is 2. The molecule has 0 aromatic heterocycles. The molecule has 2 aromatic carbocycles. The molecule has 6 heteroatoms. The molecule has 0 unspecified atom stereocenters. The van der Waals surface area contributed by atoms with E-state index in [0.717, 1.165) is 5.39 Å². The zero-order valence-corrected chi connectivity index (χ0v) is 19.2. The first-order valence-corrected chi connectivity index (χ1v) is 7.62. The third kappa shape index (κ3) is 2.99. The van der Waals surface area contributed by atoms with Crippen molar-refractivity contribution in [2.24, 2.45) is 0 Å². The summed E-state index contributed by atoms with van der Waals surface area (Å²) >= 11 is 0. The molecule has 2 aliphatic rings. The van der Waals surface area contributed by atoms with Crippen molar-refractivity contribution in [2.45, 2.75) is 0 Å². The fraction of sp³-hybridized carbons (Fsp3) is 0. The summed E-state index contributed by atoms with van der Waals surface area (Å²) in [4.78, 5) is 23.5. The largest absolute Gasteiger partial charge is 2.00 e. The first-order chi connectivity index (χ1) is 12.0. The quantitative estimate of drug-likeness (QED) is 0.225. The molecule has 1 aliphatic carbocycles. The molecule has 0 fully saturated rings. The van der Waals surface area contributed by atoms with Gasteiger partial charge in [-0.25, -0.2) is 0 Å². The second-order valence-corrected chi connectivity index (χ2v) is 5.72. The number of benzene rings is 3. The molecular formula is C20H14HgO5+4. The minimum Gasteiger partial charge on any atom is -0.593 e. The predicted octanol–water partition coefficient (Wildman–Crippen LogP) is 2.87. The molecule has 4 N–H and O–H groups in total. The van der Waals surface area contributed by atoms with Gasteiger partial charge in [0.05, 0.1) is 6.07 Å². The fourth-order valence-electron chi connectivity index (χ4n) is 3.06. The summed E-state index contributed by atoms with van der Waals surface area (Å²) in [7, 11) is 0. The molecule has 2 aromatic rings. The summed E-state index contributed by atoms with van der Waals surface area (Å²) < 4.78 is 5.82. The maximum atomic E-state index is 11.8. The van der Waals surface area contributed by atoms with E-state index in [1.54, 1.807) is 48.5 Å². The van der Waals surface area contributed by atoms with Crippen LogP contribution < -0.4 is 5.43 Å².